The number of carbonyl (C=O) groups excluding carboxylic acids is 1. The molecule has 138 valence electrons. The van der Waals surface area contributed by atoms with Crippen LogP contribution in [0.3, 0.4) is 0 Å². The number of fused-ring (bicyclic) bond motifs is 1. The lowest BCUT2D eigenvalue weighted by molar-refractivity contribution is 0.102. The zero-order chi connectivity index (χ0) is 18.9. The molecule has 2 N–H and O–H groups in total. The molecule has 8 heteroatoms. The van der Waals surface area contributed by atoms with Crippen molar-refractivity contribution in [1.82, 2.24) is 4.98 Å². The van der Waals surface area contributed by atoms with Crippen molar-refractivity contribution < 1.29 is 13.2 Å². The number of carbonyl (C=O) groups is 1. The molecule has 0 fully saturated rings. The third-order valence-electron chi connectivity index (χ3n) is 4.27. The van der Waals surface area contributed by atoms with Gasteiger partial charge in [0.05, 0.1) is 10.6 Å². The lowest BCUT2D eigenvalue weighted by atomic mass is 10.2. The number of thiazole rings is 1. The lowest BCUT2D eigenvalue weighted by Gasteiger charge is -2.08. The highest BCUT2D eigenvalue weighted by Crippen LogP contribution is 2.30. The topological polar surface area (TPSA) is 88.2 Å². The number of benzene rings is 2. The van der Waals surface area contributed by atoms with Crippen molar-refractivity contribution in [2.45, 2.75) is 24.2 Å². The van der Waals surface area contributed by atoms with E-state index in [1.54, 1.807) is 24.3 Å². The Morgan fingerprint density at radius 2 is 1.74 bits per heavy atom. The molecule has 2 aromatic carbocycles. The number of hydrogen-bond donors (Lipinski definition) is 2. The van der Waals surface area contributed by atoms with E-state index in [1.807, 2.05) is 6.07 Å². The van der Waals surface area contributed by atoms with Gasteiger partial charge in [-0.25, -0.2) is 13.4 Å². The van der Waals surface area contributed by atoms with Gasteiger partial charge in [-0.3, -0.25) is 14.8 Å². The predicted octanol–water partition coefficient (Wildman–Crippen LogP) is 3.68. The summed E-state index contributed by atoms with van der Waals surface area (Å²) >= 11 is 1.50. The minimum absolute atomic E-state index is 0.0936. The van der Waals surface area contributed by atoms with Gasteiger partial charge in [-0.05, 0) is 55.7 Å². The smallest absolute Gasteiger partial charge is 0.261 e. The summed E-state index contributed by atoms with van der Waals surface area (Å²) in [5.41, 5.74) is 1.93. The first kappa shape index (κ1) is 17.7. The normalized spacial score (nSPS) is 13.2. The number of nitrogens with zero attached hydrogens (tertiary/aromatic N) is 1. The molecular weight excluding hydrogens is 382 g/mol. The van der Waals surface area contributed by atoms with E-state index in [1.165, 1.54) is 40.5 Å². The number of anilines is 2. The van der Waals surface area contributed by atoms with Gasteiger partial charge in [-0.1, -0.05) is 18.2 Å². The molecule has 1 heterocycles. The fourth-order valence-corrected chi connectivity index (χ4v) is 5.02. The van der Waals surface area contributed by atoms with Crippen molar-refractivity contribution in [2.24, 2.45) is 0 Å². The average molecular weight is 399 g/mol. The zero-order valence-corrected chi connectivity index (χ0v) is 15.9. The number of amides is 1. The number of hydrogen-bond acceptors (Lipinski definition) is 5. The van der Waals surface area contributed by atoms with Crippen LogP contribution in [0.15, 0.2) is 59.5 Å². The summed E-state index contributed by atoms with van der Waals surface area (Å²) in [5, 5.41) is 3.38. The molecule has 0 bridgehead atoms. The number of sulfonamides is 1. The minimum Gasteiger partial charge on any atom is -0.298 e. The Morgan fingerprint density at radius 3 is 2.44 bits per heavy atom. The van der Waals surface area contributed by atoms with E-state index in [2.05, 4.69) is 15.0 Å². The number of aromatic nitrogens is 1. The van der Waals surface area contributed by atoms with Crippen LogP contribution in [-0.2, 0) is 22.9 Å². The fourth-order valence-electron chi connectivity index (χ4n) is 2.92. The van der Waals surface area contributed by atoms with Crippen LogP contribution >= 0.6 is 11.3 Å². The van der Waals surface area contributed by atoms with Gasteiger partial charge in [-0.2, -0.15) is 0 Å². The number of rotatable bonds is 5. The highest BCUT2D eigenvalue weighted by Gasteiger charge is 2.19. The number of aryl methyl sites for hydroxylation is 2. The van der Waals surface area contributed by atoms with Crippen molar-refractivity contribution in [3.05, 3.63) is 70.7 Å². The third-order valence-corrected chi connectivity index (χ3v) is 6.74. The maximum absolute atomic E-state index is 12.4. The molecule has 0 saturated heterocycles. The Bertz CT molecular complexity index is 1050. The van der Waals surface area contributed by atoms with Crippen molar-refractivity contribution in [1.29, 1.82) is 0 Å². The van der Waals surface area contributed by atoms with Crippen LogP contribution in [0, 0.1) is 0 Å². The second-order valence-corrected chi connectivity index (χ2v) is 8.96. The summed E-state index contributed by atoms with van der Waals surface area (Å²) in [4.78, 5) is 18.2. The summed E-state index contributed by atoms with van der Waals surface area (Å²) < 4.78 is 27.4. The van der Waals surface area contributed by atoms with Gasteiger partial charge < -0.3 is 0 Å². The van der Waals surface area contributed by atoms with Gasteiger partial charge in [-0.15, -0.1) is 11.3 Å². The molecule has 1 aliphatic rings. The summed E-state index contributed by atoms with van der Waals surface area (Å²) in [6.45, 7) is 0. The van der Waals surface area contributed by atoms with Crippen molar-refractivity contribution in [3.63, 3.8) is 0 Å². The highest BCUT2D eigenvalue weighted by atomic mass is 32.2. The second kappa shape index (κ2) is 7.13. The molecule has 0 unspecified atom stereocenters. The summed E-state index contributed by atoms with van der Waals surface area (Å²) in [5.74, 6) is -0.303. The maximum atomic E-state index is 12.4. The molecule has 3 aromatic rings. The molecular formula is C19H17N3O3S2. The van der Waals surface area contributed by atoms with E-state index in [-0.39, 0.29) is 10.8 Å². The van der Waals surface area contributed by atoms with Crippen molar-refractivity contribution >= 4 is 38.1 Å². The first-order valence-corrected chi connectivity index (χ1v) is 10.8. The van der Waals surface area contributed by atoms with Crippen molar-refractivity contribution in [2.75, 3.05) is 10.0 Å². The average Bonchev–Trinajstić information content (AvgIpc) is 3.24. The quantitative estimate of drug-likeness (QED) is 0.685. The van der Waals surface area contributed by atoms with Crippen LogP contribution in [-0.4, -0.2) is 19.3 Å². The van der Waals surface area contributed by atoms with E-state index < -0.39 is 10.0 Å². The SMILES string of the molecule is O=C(Nc1nc2c(s1)CCC2)c1ccc(S(=O)(=O)Nc2ccccc2)cc1. The van der Waals surface area contributed by atoms with E-state index in [0.29, 0.717) is 16.4 Å². The molecule has 0 saturated carbocycles. The molecule has 27 heavy (non-hydrogen) atoms. The maximum Gasteiger partial charge on any atom is 0.261 e. The van der Waals surface area contributed by atoms with Crippen LogP contribution in [0.1, 0.15) is 27.3 Å². The molecule has 0 radical (unpaired) electrons. The van der Waals surface area contributed by atoms with Crippen LogP contribution in [0.25, 0.3) is 0 Å². The van der Waals surface area contributed by atoms with Crippen LogP contribution in [0.4, 0.5) is 10.8 Å². The van der Waals surface area contributed by atoms with Crippen LogP contribution in [0.5, 0.6) is 0 Å². The van der Waals surface area contributed by atoms with Gasteiger partial charge in [0, 0.05) is 16.1 Å². The Hall–Kier alpha value is -2.71. The summed E-state index contributed by atoms with van der Waals surface area (Å²) in [6, 6.07) is 14.5. The summed E-state index contributed by atoms with van der Waals surface area (Å²) in [6.07, 6.45) is 3.10. The Labute approximate surface area is 161 Å². The number of nitrogens with one attached hydrogen (secondary N) is 2. The van der Waals surface area contributed by atoms with Crippen molar-refractivity contribution in [3.8, 4) is 0 Å². The third kappa shape index (κ3) is 3.86. The van der Waals surface area contributed by atoms with Gasteiger partial charge in [0.15, 0.2) is 5.13 Å². The predicted molar refractivity (Wildman–Crippen MR) is 106 cm³/mol. The molecule has 1 amide bonds. The Kier molecular flexibility index (Phi) is 4.67. The molecule has 0 spiro atoms. The van der Waals surface area contributed by atoms with Gasteiger partial charge >= 0.3 is 0 Å². The molecule has 1 aromatic heterocycles. The van der Waals surface area contributed by atoms with E-state index in [9.17, 15) is 13.2 Å². The van der Waals surface area contributed by atoms with Gasteiger partial charge in [0.1, 0.15) is 0 Å². The van der Waals surface area contributed by atoms with E-state index in [4.69, 9.17) is 0 Å². The largest absolute Gasteiger partial charge is 0.298 e. The first-order chi connectivity index (χ1) is 13.0. The van der Waals surface area contributed by atoms with Gasteiger partial charge in [0.25, 0.3) is 15.9 Å². The molecule has 1 aliphatic carbocycles. The molecule has 0 atom stereocenters. The van der Waals surface area contributed by atoms with E-state index >= 15 is 0 Å². The second-order valence-electron chi connectivity index (χ2n) is 6.19. The first-order valence-electron chi connectivity index (χ1n) is 8.49. The monoisotopic (exact) mass is 399 g/mol. The highest BCUT2D eigenvalue weighted by molar-refractivity contribution is 7.92. The fraction of sp³-hybridized carbons (Fsp3) is 0.158. The van der Waals surface area contributed by atoms with E-state index in [0.717, 1.165) is 25.0 Å². The Balaban J connectivity index is 1.47. The number of para-hydroxylation sites is 1. The standard InChI is InChI=1S/C19H17N3O3S2/c23-18(21-19-20-16-7-4-8-17(16)26-19)13-9-11-15(12-10-13)27(24,25)22-14-5-2-1-3-6-14/h1-3,5-6,9-12,22H,4,7-8H2,(H,20,21,23). The zero-order valence-electron chi connectivity index (χ0n) is 14.3. The minimum atomic E-state index is -3.70. The Morgan fingerprint density at radius 1 is 1.00 bits per heavy atom. The van der Waals surface area contributed by atoms with Crippen LogP contribution in [0.2, 0.25) is 0 Å². The summed E-state index contributed by atoms with van der Waals surface area (Å²) in [7, 11) is -3.70. The lowest BCUT2D eigenvalue weighted by Crippen LogP contribution is -2.14. The van der Waals surface area contributed by atoms with Gasteiger partial charge in [0.2, 0.25) is 0 Å². The molecule has 4 rings (SSSR count). The van der Waals surface area contributed by atoms with Crippen LogP contribution < -0.4 is 10.0 Å². The molecule has 0 aliphatic heterocycles. The molecule has 6 nitrogen and oxygen atoms in total.